The van der Waals surface area contributed by atoms with E-state index in [1.807, 2.05) is 12.1 Å². The summed E-state index contributed by atoms with van der Waals surface area (Å²) in [6.07, 6.45) is 6.35. The van der Waals surface area contributed by atoms with E-state index in [0.717, 1.165) is 18.1 Å². The molecule has 2 heteroatoms. The fourth-order valence-electron chi connectivity index (χ4n) is 2.59. The van der Waals surface area contributed by atoms with Crippen LogP contribution in [0.25, 0.3) is 0 Å². The second-order valence-corrected chi connectivity index (χ2v) is 4.76. The van der Waals surface area contributed by atoms with Gasteiger partial charge in [0.25, 0.3) is 0 Å². The number of rotatable bonds is 4. The lowest BCUT2D eigenvalue weighted by Crippen LogP contribution is -2.30. The Hall–Kier alpha value is -1.02. The first-order valence-corrected chi connectivity index (χ1v) is 6.18. The van der Waals surface area contributed by atoms with Crippen molar-refractivity contribution in [3.05, 3.63) is 29.8 Å². The van der Waals surface area contributed by atoms with Crippen LogP contribution in [0.3, 0.4) is 0 Å². The Balaban J connectivity index is 1.92. The molecule has 16 heavy (non-hydrogen) atoms. The van der Waals surface area contributed by atoms with Crippen LogP contribution >= 0.6 is 0 Å². The summed E-state index contributed by atoms with van der Waals surface area (Å²) in [5, 5.41) is 0. The monoisotopic (exact) mass is 219 g/mol. The summed E-state index contributed by atoms with van der Waals surface area (Å²) in [7, 11) is 1.69. The molecule has 1 aromatic rings. The van der Waals surface area contributed by atoms with Crippen LogP contribution in [0.4, 0.5) is 0 Å². The zero-order chi connectivity index (χ0) is 11.4. The first-order valence-electron chi connectivity index (χ1n) is 6.18. The SMILES string of the molecule is COc1ccc(CC(N)C2CCCC2)cc1. The zero-order valence-corrected chi connectivity index (χ0v) is 9.99. The largest absolute Gasteiger partial charge is 0.497 e. The van der Waals surface area contributed by atoms with Gasteiger partial charge in [-0.2, -0.15) is 0 Å². The lowest BCUT2D eigenvalue weighted by molar-refractivity contribution is 0.413. The number of hydrogen-bond donors (Lipinski definition) is 1. The third-order valence-corrected chi connectivity index (χ3v) is 3.64. The highest BCUT2D eigenvalue weighted by atomic mass is 16.5. The normalized spacial score (nSPS) is 18.6. The van der Waals surface area contributed by atoms with E-state index in [2.05, 4.69) is 12.1 Å². The minimum atomic E-state index is 0.330. The lowest BCUT2D eigenvalue weighted by Gasteiger charge is -2.18. The molecule has 1 aliphatic carbocycles. The fourth-order valence-corrected chi connectivity index (χ4v) is 2.59. The second kappa shape index (κ2) is 5.35. The van der Waals surface area contributed by atoms with Gasteiger partial charge in [0.1, 0.15) is 5.75 Å². The number of benzene rings is 1. The predicted octanol–water partition coefficient (Wildman–Crippen LogP) is 2.76. The molecule has 2 rings (SSSR count). The standard InChI is InChI=1S/C14H21NO/c1-16-13-8-6-11(7-9-13)10-14(15)12-4-2-3-5-12/h6-9,12,14H,2-5,10,15H2,1H3. The summed E-state index contributed by atoms with van der Waals surface area (Å²) in [6, 6.07) is 8.59. The predicted molar refractivity (Wildman–Crippen MR) is 66.6 cm³/mol. The summed E-state index contributed by atoms with van der Waals surface area (Å²) in [6.45, 7) is 0. The summed E-state index contributed by atoms with van der Waals surface area (Å²) >= 11 is 0. The number of ether oxygens (including phenoxy) is 1. The molecule has 1 fully saturated rings. The molecule has 0 spiro atoms. The third kappa shape index (κ3) is 2.76. The van der Waals surface area contributed by atoms with Crippen molar-refractivity contribution in [1.29, 1.82) is 0 Å². The molecule has 0 radical (unpaired) electrons. The van der Waals surface area contributed by atoms with Gasteiger partial charge in [0.05, 0.1) is 7.11 Å². The van der Waals surface area contributed by atoms with Crippen molar-refractivity contribution in [2.75, 3.05) is 7.11 Å². The van der Waals surface area contributed by atoms with E-state index < -0.39 is 0 Å². The molecule has 0 bridgehead atoms. The Bertz CT molecular complexity index is 314. The van der Waals surface area contributed by atoms with E-state index in [-0.39, 0.29) is 0 Å². The molecule has 1 aromatic carbocycles. The molecule has 0 heterocycles. The average Bonchev–Trinajstić information content (AvgIpc) is 2.83. The van der Waals surface area contributed by atoms with Crippen LogP contribution in [0, 0.1) is 5.92 Å². The molecule has 1 saturated carbocycles. The van der Waals surface area contributed by atoms with Gasteiger partial charge < -0.3 is 10.5 Å². The summed E-state index contributed by atoms with van der Waals surface area (Å²) in [5.74, 6) is 1.65. The van der Waals surface area contributed by atoms with Gasteiger partial charge >= 0.3 is 0 Å². The number of hydrogen-bond acceptors (Lipinski definition) is 2. The number of nitrogens with two attached hydrogens (primary N) is 1. The van der Waals surface area contributed by atoms with Gasteiger partial charge in [0.15, 0.2) is 0 Å². The highest BCUT2D eigenvalue weighted by molar-refractivity contribution is 5.27. The minimum Gasteiger partial charge on any atom is -0.497 e. The molecule has 2 nitrogen and oxygen atoms in total. The van der Waals surface area contributed by atoms with E-state index in [1.54, 1.807) is 7.11 Å². The molecule has 1 unspecified atom stereocenters. The van der Waals surface area contributed by atoms with Crippen molar-refractivity contribution in [3.63, 3.8) is 0 Å². The molecule has 0 aromatic heterocycles. The molecule has 0 saturated heterocycles. The molecular formula is C14H21NO. The smallest absolute Gasteiger partial charge is 0.118 e. The van der Waals surface area contributed by atoms with E-state index in [0.29, 0.717) is 6.04 Å². The van der Waals surface area contributed by atoms with Gasteiger partial charge in [-0.25, -0.2) is 0 Å². The van der Waals surface area contributed by atoms with Gasteiger partial charge in [-0.15, -0.1) is 0 Å². The maximum atomic E-state index is 6.25. The Kier molecular flexibility index (Phi) is 3.83. The van der Waals surface area contributed by atoms with Crippen LogP contribution in [-0.4, -0.2) is 13.2 Å². The van der Waals surface area contributed by atoms with Crippen molar-refractivity contribution in [2.45, 2.75) is 38.1 Å². The van der Waals surface area contributed by atoms with Crippen molar-refractivity contribution in [1.82, 2.24) is 0 Å². The van der Waals surface area contributed by atoms with Gasteiger partial charge in [0, 0.05) is 6.04 Å². The van der Waals surface area contributed by atoms with Gasteiger partial charge in [-0.05, 0) is 42.9 Å². The van der Waals surface area contributed by atoms with Crippen LogP contribution in [0.5, 0.6) is 5.75 Å². The van der Waals surface area contributed by atoms with Crippen molar-refractivity contribution in [2.24, 2.45) is 11.7 Å². The van der Waals surface area contributed by atoms with Crippen molar-refractivity contribution < 1.29 is 4.74 Å². The molecular weight excluding hydrogens is 198 g/mol. The lowest BCUT2D eigenvalue weighted by atomic mass is 9.93. The quantitative estimate of drug-likeness (QED) is 0.845. The highest BCUT2D eigenvalue weighted by Crippen LogP contribution is 2.28. The van der Waals surface area contributed by atoms with E-state index in [4.69, 9.17) is 10.5 Å². The van der Waals surface area contributed by atoms with Crippen LogP contribution < -0.4 is 10.5 Å². The third-order valence-electron chi connectivity index (χ3n) is 3.64. The molecule has 0 amide bonds. The molecule has 1 atom stereocenters. The van der Waals surface area contributed by atoms with Crippen molar-refractivity contribution in [3.8, 4) is 5.75 Å². The Labute approximate surface area is 97.8 Å². The Morgan fingerprint density at radius 3 is 2.44 bits per heavy atom. The van der Waals surface area contributed by atoms with Gasteiger partial charge in [0.2, 0.25) is 0 Å². The summed E-state index contributed by atoms with van der Waals surface area (Å²) in [4.78, 5) is 0. The Morgan fingerprint density at radius 1 is 1.25 bits per heavy atom. The highest BCUT2D eigenvalue weighted by Gasteiger charge is 2.21. The minimum absolute atomic E-state index is 0.330. The number of methoxy groups -OCH3 is 1. The van der Waals surface area contributed by atoms with Crippen LogP contribution in [0.15, 0.2) is 24.3 Å². The topological polar surface area (TPSA) is 35.2 Å². The van der Waals surface area contributed by atoms with E-state index in [9.17, 15) is 0 Å². The molecule has 0 aliphatic heterocycles. The molecule has 88 valence electrons. The maximum absolute atomic E-state index is 6.25. The zero-order valence-electron chi connectivity index (χ0n) is 9.99. The molecule has 1 aliphatic rings. The second-order valence-electron chi connectivity index (χ2n) is 4.76. The van der Waals surface area contributed by atoms with E-state index in [1.165, 1.54) is 31.2 Å². The maximum Gasteiger partial charge on any atom is 0.118 e. The molecule has 2 N–H and O–H groups in total. The van der Waals surface area contributed by atoms with Crippen LogP contribution in [0.1, 0.15) is 31.2 Å². The summed E-state index contributed by atoms with van der Waals surface area (Å²) in [5.41, 5.74) is 7.57. The fraction of sp³-hybridized carbons (Fsp3) is 0.571. The van der Waals surface area contributed by atoms with Crippen LogP contribution in [0.2, 0.25) is 0 Å². The van der Waals surface area contributed by atoms with Gasteiger partial charge in [-0.1, -0.05) is 25.0 Å². The first-order chi connectivity index (χ1) is 7.79. The van der Waals surface area contributed by atoms with Crippen LogP contribution in [-0.2, 0) is 6.42 Å². The van der Waals surface area contributed by atoms with Gasteiger partial charge in [-0.3, -0.25) is 0 Å². The average molecular weight is 219 g/mol. The summed E-state index contributed by atoms with van der Waals surface area (Å²) < 4.78 is 5.14. The van der Waals surface area contributed by atoms with E-state index >= 15 is 0 Å². The first kappa shape index (κ1) is 11.5. The van der Waals surface area contributed by atoms with Crippen molar-refractivity contribution >= 4 is 0 Å². The Morgan fingerprint density at radius 2 is 1.88 bits per heavy atom.